The Bertz CT molecular complexity index is 271. The van der Waals surface area contributed by atoms with Gasteiger partial charge in [0.1, 0.15) is 0 Å². The fourth-order valence-corrected chi connectivity index (χ4v) is 2.88. The summed E-state index contributed by atoms with van der Waals surface area (Å²) < 4.78 is 0. The summed E-state index contributed by atoms with van der Waals surface area (Å²) in [5.41, 5.74) is 5.88. The molecule has 3 N–H and O–H groups in total. The van der Waals surface area contributed by atoms with Crippen LogP contribution in [-0.2, 0) is 0 Å². The highest BCUT2D eigenvalue weighted by molar-refractivity contribution is 7.10. The monoisotopic (exact) mass is 210 g/mol. The largest absolute Gasteiger partial charge is 0.328 e. The van der Waals surface area contributed by atoms with Gasteiger partial charge in [-0.3, -0.25) is 0 Å². The molecule has 78 valence electrons. The molecule has 1 aliphatic carbocycles. The van der Waals surface area contributed by atoms with Crippen molar-refractivity contribution in [1.82, 2.24) is 5.32 Å². The molecule has 2 rings (SSSR count). The third-order valence-corrected chi connectivity index (χ3v) is 3.98. The molecular formula is C11H18N2S. The zero-order chi connectivity index (χ0) is 9.97. The van der Waals surface area contributed by atoms with Crippen LogP contribution < -0.4 is 11.1 Å². The van der Waals surface area contributed by atoms with Gasteiger partial charge in [-0.2, -0.15) is 0 Å². The lowest BCUT2D eigenvalue weighted by Crippen LogP contribution is -2.30. The Balaban J connectivity index is 1.86. The highest BCUT2D eigenvalue weighted by atomic mass is 32.1. The quantitative estimate of drug-likeness (QED) is 0.803. The predicted molar refractivity (Wildman–Crippen MR) is 61.5 cm³/mol. The maximum absolute atomic E-state index is 5.88. The fourth-order valence-electron chi connectivity index (χ4n) is 2.14. The Hall–Kier alpha value is -0.380. The van der Waals surface area contributed by atoms with Crippen molar-refractivity contribution in [3.05, 3.63) is 22.4 Å². The van der Waals surface area contributed by atoms with Crippen LogP contribution in [0.15, 0.2) is 17.5 Å². The summed E-state index contributed by atoms with van der Waals surface area (Å²) in [6.45, 7) is 2.23. The Morgan fingerprint density at radius 2 is 2.43 bits per heavy atom. The molecular weight excluding hydrogens is 192 g/mol. The van der Waals surface area contributed by atoms with Crippen LogP contribution in [0.2, 0.25) is 0 Å². The van der Waals surface area contributed by atoms with Crippen LogP contribution in [0.4, 0.5) is 0 Å². The molecule has 1 aromatic heterocycles. The summed E-state index contributed by atoms with van der Waals surface area (Å²) in [5, 5.41) is 5.77. The molecule has 3 heteroatoms. The molecule has 0 radical (unpaired) electrons. The average Bonchev–Trinajstić information content (AvgIpc) is 2.75. The second kappa shape index (κ2) is 4.43. The Morgan fingerprint density at radius 1 is 1.57 bits per heavy atom. The van der Waals surface area contributed by atoms with Gasteiger partial charge in [-0.05, 0) is 37.6 Å². The molecule has 3 atom stereocenters. The van der Waals surface area contributed by atoms with Gasteiger partial charge in [-0.25, -0.2) is 0 Å². The van der Waals surface area contributed by atoms with Crippen molar-refractivity contribution in [3.63, 3.8) is 0 Å². The summed E-state index contributed by atoms with van der Waals surface area (Å²) in [5.74, 6) is 0. The van der Waals surface area contributed by atoms with E-state index in [1.165, 1.54) is 17.7 Å². The molecule has 1 aliphatic rings. The average molecular weight is 210 g/mol. The minimum atomic E-state index is 0.419. The normalized spacial score (nSPS) is 29.3. The predicted octanol–water partition coefficient (Wildman–Crippen LogP) is 2.28. The topological polar surface area (TPSA) is 38.0 Å². The van der Waals surface area contributed by atoms with Crippen molar-refractivity contribution >= 4 is 11.3 Å². The van der Waals surface area contributed by atoms with Crippen molar-refractivity contribution < 1.29 is 0 Å². The van der Waals surface area contributed by atoms with Gasteiger partial charge in [-0.1, -0.05) is 6.07 Å². The maximum Gasteiger partial charge on any atom is 0.0388 e. The first-order valence-electron chi connectivity index (χ1n) is 5.30. The van der Waals surface area contributed by atoms with E-state index in [1.54, 1.807) is 0 Å². The molecule has 0 amide bonds. The molecule has 2 nitrogen and oxygen atoms in total. The van der Waals surface area contributed by atoms with Crippen molar-refractivity contribution in [2.75, 3.05) is 0 Å². The van der Waals surface area contributed by atoms with Gasteiger partial charge in [0.25, 0.3) is 0 Å². The van der Waals surface area contributed by atoms with E-state index in [9.17, 15) is 0 Å². The number of nitrogens with two attached hydrogens (primary N) is 1. The van der Waals surface area contributed by atoms with E-state index >= 15 is 0 Å². The lowest BCUT2D eigenvalue weighted by Gasteiger charge is -2.18. The Morgan fingerprint density at radius 3 is 3.00 bits per heavy atom. The summed E-state index contributed by atoms with van der Waals surface area (Å²) in [7, 11) is 0. The maximum atomic E-state index is 5.88. The number of rotatable bonds is 3. The minimum absolute atomic E-state index is 0.419. The highest BCUT2D eigenvalue weighted by Crippen LogP contribution is 2.23. The van der Waals surface area contributed by atoms with E-state index in [2.05, 4.69) is 29.8 Å². The molecule has 1 saturated carbocycles. The number of thiophene rings is 1. The van der Waals surface area contributed by atoms with Crippen LogP contribution >= 0.6 is 11.3 Å². The van der Waals surface area contributed by atoms with Crippen LogP contribution in [0.5, 0.6) is 0 Å². The van der Waals surface area contributed by atoms with Gasteiger partial charge >= 0.3 is 0 Å². The van der Waals surface area contributed by atoms with E-state index in [0.717, 1.165) is 6.42 Å². The molecule has 0 aromatic carbocycles. The SMILES string of the molecule is C[C@H](NC1CCC(N)C1)c1cccs1. The van der Waals surface area contributed by atoms with Crippen LogP contribution in [0.3, 0.4) is 0 Å². The van der Waals surface area contributed by atoms with Crippen molar-refractivity contribution in [3.8, 4) is 0 Å². The Kier molecular flexibility index (Phi) is 3.21. The van der Waals surface area contributed by atoms with E-state index in [1.807, 2.05) is 11.3 Å². The van der Waals surface area contributed by atoms with E-state index in [0.29, 0.717) is 18.1 Å². The zero-order valence-electron chi connectivity index (χ0n) is 8.57. The standard InChI is InChI=1S/C11H18N2S/c1-8(11-3-2-6-14-11)13-10-5-4-9(12)7-10/h2-3,6,8-10,13H,4-5,7,12H2,1H3/t8-,9?,10?/m0/s1. The number of hydrogen-bond donors (Lipinski definition) is 2. The third kappa shape index (κ3) is 2.35. The molecule has 0 bridgehead atoms. The van der Waals surface area contributed by atoms with E-state index in [-0.39, 0.29) is 0 Å². The molecule has 0 saturated heterocycles. The summed E-state index contributed by atoms with van der Waals surface area (Å²) >= 11 is 1.82. The van der Waals surface area contributed by atoms with Crippen molar-refractivity contribution in [2.24, 2.45) is 5.73 Å². The number of nitrogens with one attached hydrogen (secondary N) is 1. The summed E-state index contributed by atoms with van der Waals surface area (Å²) in [6.07, 6.45) is 3.54. The first-order valence-corrected chi connectivity index (χ1v) is 6.18. The molecule has 1 aromatic rings. The van der Waals surface area contributed by atoms with Gasteiger partial charge in [0.05, 0.1) is 0 Å². The first-order chi connectivity index (χ1) is 6.75. The van der Waals surface area contributed by atoms with E-state index < -0.39 is 0 Å². The lowest BCUT2D eigenvalue weighted by atomic mass is 10.2. The zero-order valence-corrected chi connectivity index (χ0v) is 9.39. The van der Waals surface area contributed by atoms with Gasteiger partial charge in [0.15, 0.2) is 0 Å². The smallest absolute Gasteiger partial charge is 0.0388 e. The fraction of sp³-hybridized carbons (Fsp3) is 0.636. The molecule has 1 fully saturated rings. The Labute approximate surface area is 89.5 Å². The second-order valence-corrected chi connectivity index (χ2v) is 5.15. The van der Waals surface area contributed by atoms with Gasteiger partial charge in [0, 0.05) is 23.0 Å². The summed E-state index contributed by atoms with van der Waals surface area (Å²) in [6, 6.07) is 5.82. The highest BCUT2D eigenvalue weighted by Gasteiger charge is 2.23. The van der Waals surface area contributed by atoms with Crippen LogP contribution in [0.25, 0.3) is 0 Å². The molecule has 0 spiro atoms. The number of hydrogen-bond acceptors (Lipinski definition) is 3. The lowest BCUT2D eigenvalue weighted by molar-refractivity contribution is 0.461. The van der Waals surface area contributed by atoms with Crippen LogP contribution in [0.1, 0.15) is 37.1 Å². The van der Waals surface area contributed by atoms with Gasteiger partial charge in [-0.15, -0.1) is 11.3 Å². The molecule has 14 heavy (non-hydrogen) atoms. The molecule has 0 aliphatic heterocycles. The van der Waals surface area contributed by atoms with Crippen LogP contribution in [0, 0.1) is 0 Å². The minimum Gasteiger partial charge on any atom is -0.328 e. The third-order valence-electron chi connectivity index (χ3n) is 2.93. The van der Waals surface area contributed by atoms with Crippen molar-refractivity contribution in [2.45, 2.75) is 44.3 Å². The van der Waals surface area contributed by atoms with E-state index in [4.69, 9.17) is 5.73 Å². The van der Waals surface area contributed by atoms with Crippen LogP contribution in [-0.4, -0.2) is 12.1 Å². The van der Waals surface area contributed by atoms with Gasteiger partial charge < -0.3 is 11.1 Å². The molecule has 1 heterocycles. The summed E-state index contributed by atoms with van der Waals surface area (Å²) in [4.78, 5) is 1.42. The van der Waals surface area contributed by atoms with Crippen molar-refractivity contribution in [1.29, 1.82) is 0 Å². The van der Waals surface area contributed by atoms with Gasteiger partial charge in [0.2, 0.25) is 0 Å². The second-order valence-electron chi connectivity index (χ2n) is 4.17. The first kappa shape index (κ1) is 10.1. The molecule has 2 unspecified atom stereocenters.